The zero-order valence-electron chi connectivity index (χ0n) is 16.9. The first-order valence-electron chi connectivity index (χ1n) is 10.9. The molecule has 0 unspecified atom stereocenters. The molecule has 0 spiro atoms. The van der Waals surface area contributed by atoms with Crippen LogP contribution in [-0.4, -0.2) is 12.9 Å². The van der Waals surface area contributed by atoms with E-state index in [4.69, 9.17) is 0 Å². The molecule has 1 heteroatoms. The second kappa shape index (κ2) is 16.4. The molecule has 0 N–H and O–H groups in total. The second-order valence-corrected chi connectivity index (χ2v) is 7.28. The SMILES string of the molecule is C/C=C(/C#CCCCCCCCCCCCCCC)C1=CCCB=C1. The number of hydrogen-bond donors (Lipinski definition) is 0. The Morgan fingerprint density at radius 2 is 1.56 bits per heavy atom. The molecule has 0 saturated carbocycles. The maximum atomic E-state index is 3.38. The summed E-state index contributed by atoms with van der Waals surface area (Å²) in [6, 6.07) is 0. The number of hydrogen-bond acceptors (Lipinski definition) is 0. The first-order valence-corrected chi connectivity index (χ1v) is 10.9. The molecule has 25 heavy (non-hydrogen) atoms. The molecule has 0 atom stereocenters. The van der Waals surface area contributed by atoms with Gasteiger partial charge >= 0.3 is 113 Å². The maximum absolute atomic E-state index is 3.38. The summed E-state index contributed by atoms with van der Waals surface area (Å²) < 4.78 is 0. The van der Waals surface area contributed by atoms with Crippen LogP contribution in [0.4, 0.5) is 0 Å². The fraction of sp³-hybridized carbons (Fsp3) is 0.708. The van der Waals surface area contributed by atoms with Gasteiger partial charge in [0, 0.05) is 0 Å². The van der Waals surface area contributed by atoms with E-state index in [1.807, 2.05) is 0 Å². The van der Waals surface area contributed by atoms with Crippen molar-refractivity contribution in [2.45, 2.75) is 110 Å². The van der Waals surface area contributed by atoms with Crippen molar-refractivity contribution < 1.29 is 0 Å². The third-order valence-corrected chi connectivity index (χ3v) is 4.97. The average molecular weight is 338 g/mol. The monoisotopic (exact) mass is 338 g/mol. The number of allylic oxidation sites excluding steroid dienone is 4. The third kappa shape index (κ3) is 12.0. The average Bonchev–Trinajstić information content (AvgIpc) is 2.66. The predicted octanol–water partition coefficient (Wildman–Crippen LogP) is 7.28. The first-order chi connectivity index (χ1) is 12.4. The van der Waals surface area contributed by atoms with Gasteiger partial charge in [-0.05, 0) is 0 Å². The molecule has 0 nitrogen and oxygen atoms in total. The first kappa shape index (κ1) is 22.0. The van der Waals surface area contributed by atoms with Gasteiger partial charge in [0.05, 0.1) is 0 Å². The van der Waals surface area contributed by atoms with Crippen LogP contribution >= 0.6 is 0 Å². The van der Waals surface area contributed by atoms with Gasteiger partial charge in [0.25, 0.3) is 0 Å². The molecule has 0 amide bonds. The van der Waals surface area contributed by atoms with Crippen molar-refractivity contribution in [1.82, 2.24) is 0 Å². The van der Waals surface area contributed by atoms with Gasteiger partial charge in [-0.1, -0.05) is 45.4 Å². The Morgan fingerprint density at radius 3 is 2.08 bits per heavy atom. The van der Waals surface area contributed by atoms with Gasteiger partial charge in [0.15, 0.2) is 0 Å². The van der Waals surface area contributed by atoms with Gasteiger partial charge in [-0.3, -0.25) is 0 Å². The van der Waals surface area contributed by atoms with Crippen molar-refractivity contribution in [2.75, 3.05) is 0 Å². The van der Waals surface area contributed by atoms with Crippen LogP contribution in [0, 0.1) is 11.8 Å². The Morgan fingerprint density at radius 1 is 0.960 bits per heavy atom. The van der Waals surface area contributed by atoms with E-state index in [1.54, 1.807) is 0 Å². The van der Waals surface area contributed by atoms with E-state index < -0.39 is 0 Å². The Labute approximate surface area is 158 Å². The standard InChI is InChI=1S/C24H39B/c1-3-5-6-7-8-9-10-11-12-13-14-15-16-17-19-23(4-2)24-20-18-21-25-22-24/h4,20,22H,3,5-16,18,21H2,1-2H3/b23-4-. The summed E-state index contributed by atoms with van der Waals surface area (Å²) in [5.41, 5.74) is 2.52. The Kier molecular flexibility index (Phi) is 14.5. The summed E-state index contributed by atoms with van der Waals surface area (Å²) in [4.78, 5) is 0. The van der Waals surface area contributed by atoms with Gasteiger partial charge in [0.1, 0.15) is 0 Å². The van der Waals surface area contributed by atoms with E-state index in [2.05, 4.69) is 50.7 Å². The van der Waals surface area contributed by atoms with Crippen molar-refractivity contribution in [3.8, 4) is 11.8 Å². The summed E-state index contributed by atoms with van der Waals surface area (Å²) in [5.74, 6) is 8.97. The minimum atomic E-state index is 1.05. The van der Waals surface area contributed by atoms with Crippen molar-refractivity contribution in [3.05, 3.63) is 23.3 Å². The van der Waals surface area contributed by atoms with Crippen LogP contribution in [0.1, 0.15) is 104 Å². The van der Waals surface area contributed by atoms with Crippen LogP contribution in [0.25, 0.3) is 0 Å². The Balaban J connectivity index is 1.95. The fourth-order valence-corrected chi connectivity index (χ4v) is 3.34. The molecule has 0 aromatic rings. The molecule has 0 fully saturated rings. The van der Waals surface area contributed by atoms with E-state index in [1.165, 1.54) is 94.5 Å². The molecule has 138 valence electrons. The van der Waals surface area contributed by atoms with E-state index in [0.717, 1.165) is 12.8 Å². The van der Waals surface area contributed by atoms with Crippen molar-refractivity contribution in [1.29, 1.82) is 0 Å². The second-order valence-electron chi connectivity index (χ2n) is 7.28. The molecular weight excluding hydrogens is 299 g/mol. The zero-order chi connectivity index (χ0) is 18.0. The van der Waals surface area contributed by atoms with Crippen LogP contribution in [0.5, 0.6) is 0 Å². The Bertz CT molecular complexity index is 470. The van der Waals surface area contributed by atoms with Gasteiger partial charge < -0.3 is 0 Å². The summed E-state index contributed by atoms with van der Waals surface area (Å²) in [6.45, 7) is 6.64. The molecule has 1 aliphatic heterocycles. The van der Waals surface area contributed by atoms with Crippen molar-refractivity contribution in [2.24, 2.45) is 0 Å². The number of unbranched alkanes of at least 4 members (excludes halogenated alkanes) is 12. The van der Waals surface area contributed by atoms with E-state index in [0.29, 0.717) is 0 Å². The molecule has 1 heterocycles. The number of rotatable bonds is 13. The van der Waals surface area contributed by atoms with Crippen molar-refractivity contribution >= 4 is 12.9 Å². The summed E-state index contributed by atoms with van der Waals surface area (Å²) in [5, 5.41) is 0. The molecule has 0 bridgehead atoms. The normalized spacial score (nSPS) is 13.8. The van der Waals surface area contributed by atoms with Gasteiger partial charge in [-0.25, -0.2) is 0 Å². The molecule has 1 rings (SSSR count). The van der Waals surface area contributed by atoms with E-state index >= 15 is 0 Å². The third-order valence-electron chi connectivity index (χ3n) is 4.97. The summed E-state index contributed by atoms with van der Waals surface area (Å²) in [6.07, 6.45) is 24.7. The molecule has 1 aliphatic rings. The zero-order valence-corrected chi connectivity index (χ0v) is 16.9. The minimum absolute atomic E-state index is 1.05. The molecule has 0 radical (unpaired) electrons. The molecule has 0 saturated heterocycles. The van der Waals surface area contributed by atoms with Crippen LogP contribution in [0.15, 0.2) is 23.3 Å². The molecular formula is C24H39B. The van der Waals surface area contributed by atoms with Gasteiger partial charge in [0.2, 0.25) is 0 Å². The molecule has 0 aliphatic carbocycles. The quantitative estimate of drug-likeness (QED) is 0.188. The van der Waals surface area contributed by atoms with E-state index in [-0.39, 0.29) is 0 Å². The van der Waals surface area contributed by atoms with Gasteiger partial charge in [-0.2, -0.15) is 0 Å². The van der Waals surface area contributed by atoms with Crippen LogP contribution in [-0.2, 0) is 0 Å². The molecule has 0 aromatic carbocycles. The van der Waals surface area contributed by atoms with Crippen LogP contribution < -0.4 is 0 Å². The summed E-state index contributed by atoms with van der Waals surface area (Å²) >= 11 is 0. The Hall–Kier alpha value is -1.03. The van der Waals surface area contributed by atoms with Gasteiger partial charge in [-0.15, -0.1) is 0 Å². The van der Waals surface area contributed by atoms with Crippen LogP contribution in [0.3, 0.4) is 0 Å². The van der Waals surface area contributed by atoms with Crippen LogP contribution in [0.2, 0.25) is 6.32 Å². The summed E-state index contributed by atoms with van der Waals surface area (Å²) in [7, 11) is 0. The van der Waals surface area contributed by atoms with Crippen molar-refractivity contribution in [3.63, 3.8) is 0 Å². The topological polar surface area (TPSA) is 0 Å². The molecule has 0 aromatic heterocycles. The van der Waals surface area contributed by atoms with E-state index in [9.17, 15) is 0 Å². The fourth-order valence-electron chi connectivity index (χ4n) is 3.34. The predicted molar refractivity (Wildman–Crippen MR) is 117 cm³/mol.